The van der Waals surface area contributed by atoms with Crippen LogP contribution in [0.2, 0.25) is 0 Å². The van der Waals surface area contributed by atoms with Crippen molar-refractivity contribution >= 4 is 17.6 Å². The molecular weight excluding hydrogens is 422 g/mol. The van der Waals surface area contributed by atoms with Gasteiger partial charge in [-0.1, -0.05) is 11.8 Å². The number of amides is 1. The fourth-order valence-corrected chi connectivity index (χ4v) is 3.12. The number of pyridine rings is 1. The predicted octanol–water partition coefficient (Wildman–Crippen LogP) is 0.633. The van der Waals surface area contributed by atoms with E-state index in [9.17, 15) is 9.59 Å². The molecule has 1 atom stereocenters. The van der Waals surface area contributed by atoms with Crippen LogP contribution in [0.15, 0.2) is 35.7 Å². The zero-order chi connectivity index (χ0) is 24.0. The van der Waals surface area contributed by atoms with Crippen LogP contribution in [0.1, 0.15) is 35.1 Å². The zero-order valence-corrected chi connectivity index (χ0v) is 19.2. The molecule has 0 aromatic carbocycles. The summed E-state index contributed by atoms with van der Waals surface area (Å²) in [6, 6.07) is 3.51. The van der Waals surface area contributed by atoms with Crippen molar-refractivity contribution in [2.24, 2.45) is 10.7 Å². The van der Waals surface area contributed by atoms with Crippen molar-refractivity contribution < 1.29 is 14.3 Å². The summed E-state index contributed by atoms with van der Waals surface area (Å²) in [4.78, 5) is 45.3. The SMILES string of the molecule is CN(C)CC#CCOc1cnc(C(=O)Cc2ccnc(C3(C)CC(=O)N(C)C(N)=N3)c2)cn1. The Morgan fingerprint density at radius 1 is 1.27 bits per heavy atom. The monoisotopic (exact) mass is 449 g/mol. The Labute approximate surface area is 192 Å². The van der Waals surface area contributed by atoms with Crippen LogP contribution in [0.5, 0.6) is 5.88 Å². The highest BCUT2D eigenvalue weighted by Gasteiger charge is 2.37. The third kappa shape index (κ3) is 6.11. The summed E-state index contributed by atoms with van der Waals surface area (Å²) in [5.74, 6) is 5.93. The molecule has 0 saturated heterocycles. The first-order valence-corrected chi connectivity index (χ1v) is 10.3. The number of nitrogens with two attached hydrogens (primary N) is 1. The van der Waals surface area contributed by atoms with Gasteiger partial charge in [0, 0.05) is 19.7 Å². The van der Waals surface area contributed by atoms with E-state index in [1.807, 2.05) is 19.0 Å². The van der Waals surface area contributed by atoms with Gasteiger partial charge in [-0.15, -0.1) is 0 Å². The molecule has 172 valence electrons. The van der Waals surface area contributed by atoms with Crippen LogP contribution in [-0.4, -0.2) is 76.7 Å². The average molecular weight is 450 g/mol. The standard InChI is InChI=1S/C23H27N7O3/c1-23(13-21(32)30(4)22(24)28-23)19-12-16(7-8-25-19)11-18(31)17-14-27-20(15-26-17)33-10-6-5-9-29(2)3/h7-8,12,14-15H,9-11,13H2,1-4H3,(H2,24,28). The van der Waals surface area contributed by atoms with Gasteiger partial charge in [0.05, 0.1) is 31.1 Å². The number of Topliss-reactive ketones (excluding diaryl/α,β-unsaturated/α-hetero) is 1. The maximum absolute atomic E-state index is 12.7. The molecule has 2 aromatic rings. The number of rotatable bonds is 7. The molecular formula is C23H27N7O3. The molecule has 10 nitrogen and oxygen atoms in total. The maximum atomic E-state index is 12.7. The number of carbonyl (C=O) groups is 2. The van der Waals surface area contributed by atoms with Crippen LogP contribution < -0.4 is 10.5 Å². The Hall–Kier alpha value is -3.84. The topological polar surface area (TPSA) is 127 Å². The van der Waals surface area contributed by atoms with Crippen molar-refractivity contribution in [3.05, 3.63) is 47.7 Å². The van der Waals surface area contributed by atoms with Crippen molar-refractivity contribution in [3.8, 4) is 17.7 Å². The number of guanidine groups is 1. The van der Waals surface area contributed by atoms with Gasteiger partial charge in [-0.2, -0.15) is 0 Å². The minimum absolute atomic E-state index is 0.101. The Morgan fingerprint density at radius 2 is 2.06 bits per heavy atom. The molecule has 1 unspecified atom stereocenters. The highest BCUT2D eigenvalue weighted by Crippen LogP contribution is 2.31. The maximum Gasteiger partial charge on any atom is 0.233 e. The largest absolute Gasteiger partial charge is 0.463 e. The van der Waals surface area contributed by atoms with E-state index in [0.717, 1.165) is 5.56 Å². The summed E-state index contributed by atoms with van der Waals surface area (Å²) >= 11 is 0. The van der Waals surface area contributed by atoms with Gasteiger partial charge >= 0.3 is 0 Å². The van der Waals surface area contributed by atoms with Crippen LogP contribution >= 0.6 is 0 Å². The molecule has 10 heteroatoms. The lowest BCUT2D eigenvalue weighted by molar-refractivity contribution is -0.128. The van der Waals surface area contributed by atoms with Gasteiger partial charge < -0.3 is 10.5 Å². The highest BCUT2D eigenvalue weighted by molar-refractivity contribution is 5.98. The van der Waals surface area contributed by atoms with Crippen molar-refractivity contribution in [2.45, 2.75) is 25.3 Å². The number of ketones is 1. The molecule has 2 N–H and O–H groups in total. The molecule has 3 rings (SSSR count). The zero-order valence-electron chi connectivity index (χ0n) is 19.2. The van der Waals surface area contributed by atoms with E-state index in [0.29, 0.717) is 18.1 Å². The summed E-state index contributed by atoms with van der Waals surface area (Å²) < 4.78 is 5.42. The Balaban J connectivity index is 1.65. The molecule has 1 amide bonds. The normalized spacial score (nSPS) is 17.9. The lowest BCUT2D eigenvalue weighted by atomic mass is 9.90. The lowest BCUT2D eigenvalue weighted by Crippen LogP contribution is -2.47. The highest BCUT2D eigenvalue weighted by atomic mass is 16.5. The third-order valence-electron chi connectivity index (χ3n) is 5.04. The molecule has 33 heavy (non-hydrogen) atoms. The van der Waals surface area contributed by atoms with Crippen LogP contribution in [0, 0.1) is 11.8 Å². The van der Waals surface area contributed by atoms with Gasteiger partial charge in [0.2, 0.25) is 11.8 Å². The summed E-state index contributed by atoms with van der Waals surface area (Å²) in [6.07, 6.45) is 4.62. The molecule has 2 aromatic heterocycles. The van der Waals surface area contributed by atoms with E-state index < -0.39 is 5.54 Å². The first-order valence-electron chi connectivity index (χ1n) is 10.3. The Kier molecular flexibility index (Phi) is 7.35. The number of nitrogens with zero attached hydrogens (tertiary/aromatic N) is 6. The van der Waals surface area contributed by atoms with E-state index in [4.69, 9.17) is 10.5 Å². The van der Waals surface area contributed by atoms with E-state index in [1.54, 1.807) is 32.3 Å². The number of aliphatic imine (C=N–C) groups is 1. The van der Waals surface area contributed by atoms with E-state index in [-0.39, 0.29) is 42.8 Å². The molecule has 0 bridgehead atoms. The summed E-state index contributed by atoms with van der Waals surface area (Å²) in [5.41, 5.74) is 6.52. The van der Waals surface area contributed by atoms with Crippen molar-refractivity contribution in [2.75, 3.05) is 34.3 Å². The molecule has 1 aliphatic rings. The second kappa shape index (κ2) is 10.2. The van der Waals surface area contributed by atoms with Crippen molar-refractivity contribution in [3.63, 3.8) is 0 Å². The first-order chi connectivity index (χ1) is 15.7. The fourth-order valence-electron chi connectivity index (χ4n) is 3.12. The van der Waals surface area contributed by atoms with Crippen LogP contribution in [0.4, 0.5) is 0 Å². The van der Waals surface area contributed by atoms with Gasteiger partial charge in [-0.3, -0.25) is 24.4 Å². The number of ether oxygens (including phenoxy) is 1. The summed E-state index contributed by atoms with van der Waals surface area (Å²) in [7, 11) is 5.45. The van der Waals surface area contributed by atoms with Crippen molar-refractivity contribution in [1.29, 1.82) is 0 Å². The van der Waals surface area contributed by atoms with E-state index in [1.165, 1.54) is 17.3 Å². The van der Waals surface area contributed by atoms with Gasteiger partial charge in [-0.25, -0.2) is 15.0 Å². The van der Waals surface area contributed by atoms with E-state index >= 15 is 0 Å². The van der Waals surface area contributed by atoms with Crippen LogP contribution in [0.3, 0.4) is 0 Å². The number of hydrogen-bond acceptors (Lipinski definition) is 9. The van der Waals surface area contributed by atoms with Gasteiger partial charge in [0.15, 0.2) is 18.3 Å². The van der Waals surface area contributed by atoms with Crippen molar-refractivity contribution in [1.82, 2.24) is 24.8 Å². The van der Waals surface area contributed by atoms with Crippen LogP contribution in [-0.2, 0) is 16.8 Å². The van der Waals surface area contributed by atoms with E-state index in [2.05, 4.69) is 31.8 Å². The van der Waals surface area contributed by atoms with Gasteiger partial charge in [-0.05, 0) is 38.7 Å². The minimum atomic E-state index is -0.888. The quantitative estimate of drug-likeness (QED) is 0.482. The molecule has 1 aliphatic heterocycles. The van der Waals surface area contributed by atoms with Gasteiger partial charge in [0.25, 0.3) is 0 Å². The smallest absolute Gasteiger partial charge is 0.233 e. The molecule has 0 saturated carbocycles. The van der Waals surface area contributed by atoms with Gasteiger partial charge in [0.1, 0.15) is 11.2 Å². The number of hydrogen-bond donors (Lipinski definition) is 1. The number of aromatic nitrogens is 3. The molecule has 3 heterocycles. The molecule has 0 radical (unpaired) electrons. The van der Waals surface area contributed by atoms with Crippen LogP contribution in [0.25, 0.3) is 0 Å². The third-order valence-corrected chi connectivity index (χ3v) is 5.04. The Morgan fingerprint density at radius 3 is 2.73 bits per heavy atom. The molecule has 0 spiro atoms. The lowest BCUT2D eigenvalue weighted by Gasteiger charge is -2.32. The Bertz CT molecular complexity index is 1120. The minimum Gasteiger partial charge on any atom is -0.463 e. The fraction of sp³-hybridized carbons (Fsp3) is 0.391. The molecule has 0 aliphatic carbocycles. The summed E-state index contributed by atoms with van der Waals surface area (Å²) in [6.45, 7) is 2.64. The summed E-state index contributed by atoms with van der Waals surface area (Å²) in [5, 5.41) is 0. The number of carbonyl (C=O) groups excluding carboxylic acids is 2. The first kappa shape index (κ1) is 23.8. The predicted molar refractivity (Wildman–Crippen MR) is 122 cm³/mol. The average Bonchev–Trinajstić information content (AvgIpc) is 2.77. The second-order valence-corrected chi connectivity index (χ2v) is 8.14. The second-order valence-electron chi connectivity index (χ2n) is 8.14. The molecule has 0 fully saturated rings.